The zero-order valence-electron chi connectivity index (χ0n) is 11.2. The van der Waals surface area contributed by atoms with Crippen LogP contribution in [-0.2, 0) is 6.54 Å². The van der Waals surface area contributed by atoms with Gasteiger partial charge in [0.15, 0.2) is 0 Å². The molecule has 2 fully saturated rings. The van der Waals surface area contributed by atoms with Gasteiger partial charge in [-0.25, -0.2) is 0 Å². The summed E-state index contributed by atoms with van der Waals surface area (Å²) in [5.41, 5.74) is 7.20. The fourth-order valence-corrected chi connectivity index (χ4v) is 4.18. The molecular formula is C14H18N4OS. The Bertz CT molecular complexity index is 582. The number of nitrogens with zero attached hydrogens (tertiary/aromatic N) is 3. The largest absolute Gasteiger partial charge is 0.338 e. The second-order valence-electron chi connectivity index (χ2n) is 5.88. The molecule has 1 aliphatic carbocycles. The second kappa shape index (κ2) is 4.95. The summed E-state index contributed by atoms with van der Waals surface area (Å²) in [6, 6.07) is 2.40. The quantitative estimate of drug-likeness (QED) is 0.936. The van der Waals surface area contributed by atoms with Crippen LogP contribution >= 0.6 is 11.3 Å². The lowest BCUT2D eigenvalue weighted by molar-refractivity contribution is 0.250. The first-order valence-electron chi connectivity index (χ1n) is 7.12. The molecule has 0 bridgehead atoms. The van der Waals surface area contributed by atoms with Gasteiger partial charge in [-0.1, -0.05) is 5.16 Å². The van der Waals surface area contributed by atoms with Crippen molar-refractivity contribution in [3.05, 3.63) is 22.7 Å². The maximum atomic E-state index is 6.17. The molecule has 0 amide bonds. The molecule has 20 heavy (non-hydrogen) atoms. The van der Waals surface area contributed by atoms with E-state index in [2.05, 4.69) is 15.0 Å². The van der Waals surface area contributed by atoms with Crippen LogP contribution < -0.4 is 5.73 Å². The molecule has 3 atom stereocenters. The highest BCUT2D eigenvalue weighted by molar-refractivity contribution is 7.08. The predicted octanol–water partition coefficient (Wildman–Crippen LogP) is 1.97. The molecule has 0 radical (unpaired) electrons. The number of thiophene rings is 1. The van der Waals surface area contributed by atoms with Crippen molar-refractivity contribution in [1.82, 2.24) is 15.0 Å². The van der Waals surface area contributed by atoms with Crippen LogP contribution in [0.2, 0.25) is 0 Å². The van der Waals surface area contributed by atoms with Gasteiger partial charge in [0, 0.05) is 30.1 Å². The zero-order chi connectivity index (χ0) is 13.5. The SMILES string of the molecule is NC1CCC2CN(Cc3nc(-c4ccsc4)no3)CC12. The van der Waals surface area contributed by atoms with E-state index in [-0.39, 0.29) is 0 Å². The van der Waals surface area contributed by atoms with Gasteiger partial charge in [-0.15, -0.1) is 0 Å². The van der Waals surface area contributed by atoms with Gasteiger partial charge in [0.1, 0.15) is 0 Å². The molecule has 0 spiro atoms. The first kappa shape index (κ1) is 12.5. The molecular weight excluding hydrogens is 272 g/mol. The summed E-state index contributed by atoms with van der Waals surface area (Å²) >= 11 is 1.64. The summed E-state index contributed by atoms with van der Waals surface area (Å²) < 4.78 is 5.37. The van der Waals surface area contributed by atoms with Crippen LogP contribution in [0.25, 0.3) is 11.4 Å². The van der Waals surface area contributed by atoms with E-state index in [4.69, 9.17) is 10.3 Å². The first-order valence-corrected chi connectivity index (χ1v) is 8.07. The summed E-state index contributed by atoms with van der Waals surface area (Å²) in [6.07, 6.45) is 2.46. The van der Waals surface area contributed by atoms with E-state index in [0.717, 1.165) is 31.1 Å². The Labute approximate surface area is 121 Å². The van der Waals surface area contributed by atoms with E-state index >= 15 is 0 Å². The number of rotatable bonds is 3. The van der Waals surface area contributed by atoms with E-state index in [1.165, 1.54) is 12.8 Å². The van der Waals surface area contributed by atoms with Gasteiger partial charge >= 0.3 is 0 Å². The molecule has 1 aliphatic heterocycles. The molecule has 2 aromatic rings. The lowest BCUT2D eigenvalue weighted by Crippen LogP contribution is -2.30. The Kier molecular flexibility index (Phi) is 3.09. The minimum absolute atomic E-state index is 0.383. The topological polar surface area (TPSA) is 68.2 Å². The van der Waals surface area contributed by atoms with E-state index < -0.39 is 0 Å². The van der Waals surface area contributed by atoms with Crippen molar-refractivity contribution >= 4 is 11.3 Å². The average molecular weight is 290 g/mol. The molecule has 3 unspecified atom stereocenters. The summed E-state index contributed by atoms with van der Waals surface area (Å²) in [7, 11) is 0. The molecule has 0 aromatic carbocycles. The number of likely N-dealkylation sites (tertiary alicyclic amines) is 1. The highest BCUT2D eigenvalue weighted by Crippen LogP contribution is 2.37. The molecule has 5 nitrogen and oxygen atoms in total. The molecule has 3 heterocycles. The van der Waals surface area contributed by atoms with Crippen molar-refractivity contribution in [3.63, 3.8) is 0 Å². The zero-order valence-corrected chi connectivity index (χ0v) is 12.1. The van der Waals surface area contributed by atoms with Crippen LogP contribution in [0.5, 0.6) is 0 Å². The third kappa shape index (κ3) is 2.17. The molecule has 106 valence electrons. The van der Waals surface area contributed by atoms with Gasteiger partial charge in [0.2, 0.25) is 11.7 Å². The fraction of sp³-hybridized carbons (Fsp3) is 0.571. The average Bonchev–Trinajstić information content (AvgIpc) is 3.17. The van der Waals surface area contributed by atoms with Crippen LogP contribution in [0, 0.1) is 11.8 Å². The Balaban J connectivity index is 1.43. The molecule has 2 aromatic heterocycles. The van der Waals surface area contributed by atoms with Crippen LogP contribution in [0.4, 0.5) is 0 Å². The Morgan fingerprint density at radius 3 is 3.15 bits per heavy atom. The molecule has 1 saturated heterocycles. The summed E-state index contributed by atoms with van der Waals surface area (Å²) in [5, 5.41) is 8.11. The third-order valence-electron chi connectivity index (χ3n) is 4.59. The summed E-state index contributed by atoms with van der Waals surface area (Å²) in [4.78, 5) is 6.89. The lowest BCUT2D eigenvalue weighted by Gasteiger charge is -2.15. The van der Waals surface area contributed by atoms with Crippen molar-refractivity contribution in [2.45, 2.75) is 25.4 Å². The van der Waals surface area contributed by atoms with Crippen molar-refractivity contribution in [2.24, 2.45) is 17.6 Å². The van der Waals surface area contributed by atoms with Gasteiger partial charge in [-0.05, 0) is 36.1 Å². The van der Waals surface area contributed by atoms with E-state index in [0.29, 0.717) is 23.7 Å². The molecule has 1 saturated carbocycles. The van der Waals surface area contributed by atoms with Crippen LogP contribution in [0.3, 0.4) is 0 Å². The standard InChI is InChI=1S/C14H18N4OS/c15-12-2-1-9-5-18(6-11(9)12)7-13-16-14(17-19-13)10-3-4-20-8-10/h3-4,8-9,11-12H,1-2,5-7,15H2. The third-order valence-corrected chi connectivity index (χ3v) is 5.28. The minimum atomic E-state index is 0.383. The normalized spacial score (nSPS) is 29.9. The van der Waals surface area contributed by atoms with Crippen molar-refractivity contribution < 1.29 is 4.52 Å². The van der Waals surface area contributed by atoms with Crippen molar-refractivity contribution in [1.29, 1.82) is 0 Å². The van der Waals surface area contributed by atoms with Gasteiger partial charge in [0.05, 0.1) is 6.54 Å². The smallest absolute Gasteiger partial charge is 0.241 e. The van der Waals surface area contributed by atoms with Crippen LogP contribution in [0.15, 0.2) is 21.3 Å². The second-order valence-corrected chi connectivity index (χ2v) is 6.66. The van der Waals surface area contributed by atoms with Gasteiger partial charge in [-0.2, -0.15) is 16.3 Å². The summed E-state index contributed by atoms with van der Waals surface area (Å²) in [5.74, 6) is 2.83. The number of nitrogens with two attached hydrogens (primary N) is 1. The maximum absolute atomic E-state index is 6.17. The number of aromatic nitrogens is 2. The molecule has 4 rings (SSSR count). The van der Waals surface area contributed by atoms with Crippen molar-refractivity contribution in [2.75, 3.05) is 13.1 Å². The van der Waals surface area contributed by atoms with E-state index in [1.807, 2.05) is 16.8 Å². The molecule has 2 aliphatic rings. The monoisotopic (exact) mass is 290 g/mol. The highest BCUT2D eigenvalue weighted by Gasteiger charge is 2.41. The Hall–Kier alpha value is -1.24. The molecule has 6 heteroatoms. The molecule has 2 N–H and O–H groups in total. The number of hydrogen-bond donors (Lipinski definition) is 1. The highest BCUT2D eigenvalue weighted by atomic mass is 32.1. The number of hydrogen-bond acceptors (Lipinski definition) is 6. The lowest BCUT2D eigenvalue weighted by atomic mass is 9.98. The Morgan fingerprint density at radius 1 is 1.40 bits per heavy atom. The first-order chi connectivity index (χ1) is 9.79. The van der Waals surface area contributed by atoms with E-state index in [9.17, 15) is 0 Å². The maximum Gasteiger partial charge on any atom is 0.241 e. The predicted molar refractivity (Wildman–Crippen MR) is 77.1 cm³/mol. The van der Waals surface area contributed by atoms with Gasteiger partial charge < -0.3 is 10.3 Å². The van der Waals surface area contributed by atoms with Crippen molar-refractivity contribution in [3.8, 4) is 11.4 Å². The minimum Gasteiger partial charge on any atom is -0.338 e. The van der Waals surface area contributed by atoms with Gasteiger partial charge in [-0.3, -0.25) is 4.90 Å². The van der Waals surface area contributed by atoms with Crippen LogP contribution in [0.1, 0.15) is 18.7 Å². The Morgan fingerprint density at radius 2 is 2.35 bits per heavy atom. The van der Waals surface area contributed by atoms with Gasteiger partial charge in [0.25, 0.3) is 0 Å². The number of fused-ring (bicyclic) bond motifs is 1. The fourth-order valence-electron chi connectivity index (χ4n) is 3.55. The van der Waals surface area contributed by atoms with Crippen LogP contribution in [-0.4, -0.2) is 34.2 Å². The summed E-state index contributed by atoms with van der Waals surface area (Å²) in [6.45, 7) is 2.94. The van der Waals surface area contributed by atoms with E-state index in [1.54, 1.807) is 11.3 Å².